The second kappa shape index (κ2) is 3.53. The molecule has 1 heterocycles. The van der Waals surface area contributed by atoms with E-state index in [1.165, 1.54) is 0 Å². The van der Waals surface area contributed by atoms with Crippen LogP contribution in [0.1, 0.15) is 11.6 Å². The minimum absolute atomic E-state index is 0.797. The third-order valence-electron chi connectivity index (χ3n) is 1.95. The summed E-state index contributed by atoms with van der Waals surface area (Å²) in [5, 5.41) is 4.30. The highest BCUT2D eigenvalue weighted by molar-refractivity contribution is 9.10. The van der Waals surface area contributed by atoms with Gasteiger partial charge in [-0.05, 0) is 38.1 Å². The van der Waals surface area contributed by atoms with E-state index in [0.29, 0.717) is 0 Å². The lowest BCUT2D eigenvalue weighted by molar-refractivity contribution is 0.831. The largest absolute Gasteiger partial charge is 0.218 e. The number of aromatic nitrogens is 3. The fourth-order valence-electron chi connectivity index (χ4n) is 1.35. The Morgan fingerprint density at radius 3 is 2.29 bits per heavy atom. The van der Waals surface area contributed by atoms with Crippen molar-refractivity contribution in [3.63, 3.8) is 0 Å². The Balaban J connectivity index is 2.49. The second-order valence-corrected chi connectivity index (χ2v) is 4.01. The highest BCUT2D eigenvalue weighted by Gasteiger charge is 2.03. The van der Waals surface area contributed by atoms with Gasteiger partial charge in [0.2, 0.25) is 0 Å². The minimum Gasteiger partial charge on any atom is -0.218 e. The van der Waals surface area contributed by atoms with Gasteiger partial charge < -0.3 is 0 Å². The van der Waals surface area contributed by atoms with Crippen LogP contribution in [-0.4, -0.2) is 14.8 Å². The summed E-state index contributed by atoms with van der Waals surface area (Å²) in [6.07, 6.45) is 0. The molecule has 3 nitrogen and oxygen atoms in total. The zero-order valence-corrected chi connectivity index (χ0v) is 9.62. The fourth-order valence-corrected chi connectivity index (χ4v) is 1.61. The minimum atomic E-state index is 0.797. The van der Waals surface area contributed by atoms with E-state index in [2.05, 4.69) is 26.0 Å². The van der Waals surface area contributed by atoms with E-state index >= 15 is 0 Å². The maximum absolute atomic E-state index is 4.30. The van der Waals surface area contributed by atoms with E-state index in [4.69, 9.17) is 0 Å². The van der Waals surface area contributed by atoms with Crippen molar-refractivity contribution in [1.29, 1.82) is 0 Å². The van der Waals surface area contributed by atoms with Crippen LogP contribution in [0.2, 0.25) is 0 Å². The van der Waals surface area contributed by atoms with Crippen molar-refractivity contribution >= 4 is 15.9 Å². The summed E-state index contributed by atoms with van der Waals surface area (Å²) in [5.41, 5.74) is 1.03. The molecule has 0 radical (unpaired) electrons. The summed E-state index contributed by atoms with van der Waals surface area (Å²) in [4.78, 5) is 4.25. The number of halogens is 1. The molecule has 1 aromatic heterocycles. The van der Waals surface area contributed by atoms with Crippen molar-refractivity contribution < 1.29 is 0 Å². The van der Waals surface area contributed by atoms with Gasteiger partial charge in [0.1, 0.15) is 11.6 Å². The number of rotatable bonds is 1. The Kier molecular flexibility index (Phi) is 2.37. The predicted molar refractivity (Wildman–Crippen MR) is 58.5 cm³/mol. The van der Waals surface area contributed by atoms with E-state index in [1.807, 2.05) is 42.8 Å². The molecule has 0 saturated carbocycles. The van der Waals surface area contributed by atoms with Crippen LogP contribution in [0, 0.1) is 13.8 Å². The van der Waals surface area contributed by atoms with E-state index in [-0.39, 0.29) is 0 Å². The van der Waals surface area contributed by atoms with Gasteiger partial charge >= 0.3 is 0 Å². The molecule has 0 unspecified atom stereocenters. The molecule has 0 aliphatic carbocycles. The molecule has 0 N–H and O–H groups in total. The van der Waals surface area contributed by atoms with Crippen LogP contribution in [0.4, 0.5) is 0 Å². The first-order valence-electron chi connectivity index (χ1n) is 4.33. The monoisotopic (exact) mass is 251 g/mol. The number of nitrogens with zero attached hydrogens (tertiary/aromatic N) is 3. The van der Waals surface area contributed by atoms with Crippen LogP contribution in [0.5, 0.6) is 0 Å². The van der Waals surface area contributed by atoms with Crippen molar-refractivity contribution in [2.45, 2.75) is 13.8 Å². The summed E-state index contributed by atoms with van der Waals surface area (Å²) in [6, 6.07) is 7.99. The summed E-state index contributed by atoms with van der Waals surface area (Å²) in [7, 11) is 0. The topological polar surface area (TPSA) is 30.7 Å². The predicted octanol–water partition coefficient (Wildman–Crippen LogP) is 2.65. The number of hydrogen-bond donors (Lipinski definition) is 0. The number of aryl methyl sites for hydroxylation is 2. The van der Waals surface area contributed by atoms with E-state index in [9.17, 15) is 0 Å². The van der Waals surface area contributed by atoms with Crippen molar-refractivity contribution in [2.75, 3.05) is 0 Å². The average molecular weight is 252 g/mol. The molecule has 14 heavy (non-hydrogen) atoms. The standard InChI is InChI=1S/C10H10BrN3/c1-7-12-8(2)14(13-7)10-5-3-9(11)4-6-10/h3-6H,1-2H3. The molecule has 72 valence electrons. The van der Waals surface area contributed by atoms with Crippen LogP contribution in [-0.2, 0) is 0 Å². The average Bonchev–Trinajstić information content (AvgIpc) is 2.47. The molecular formula is C10H10BrN3. The van der Waals surface area contributed by atoms with Crippen LogP contribution in [0.3, 0.4) is 0 Å². The van der Waals surface area contributed by atoms with Gasteiger partial charge in [-0.15, -0.1) is 0 Å². The Morgan fingerprint density at radius 2 is 1.79 bits per heavy atom. The van der Waals surface area contributed by atoms with Gasteiger partial charge in [0, 0.05) is 4.47 Å². The van der Waals surface area contributed by atoms with Gasteiger partial charge in [0.15, 0.2) is 0 Å². The van der Waals surface area contributed by atoms with Crippen LogP contribution in [0.15, 0.2) is 28.7 Å². The molecule has 0 spiro atoms. The lowest BCUT2D eigenvalue weighted by atomic mass is 10.3. The van der Waals surface area contributed by atoms with E-state index in [1.54, 1.807) is 0 Å². The van der Waals surface area contributed by atoms with Gasteiger partial charge in [-0.2, -0.15) is 5.10 Å². The molecular weight excluding hydrogens is 242 g/mol. The Hall–Kier alpha value is -1.16. The third kappa shape index (κ3) is 1.70. The first-order chi connectivity index (χ1) is 6.66. The van der Waals surface area contributed by atoms with Gasteiger partial charge in [0.05, 0.1) is 5.69 Å². The van der Waals surface area contributed by atoms with Crippen molar-refractivity contribution in [3.8, 4) is 5.69 Å². The van der Waals surface area contributed by atoms with Crippen molar-refractivity contribution in [3.05, 3.63) is 40.4 Å². The highest BCUT2D eigenvalue weighted by Crippen LogP contribution is 2.14. The van der Waals surface area contributed by atoms with Crippen LogP contribution in [0.25, 0.3) is 5.69 Å². The van der Waals surface area contributed by atoms with Gasteiger partial charge in [-0.25, -0.2) is 9.67 Å². The molecule has 4 heteroatoms. The Labute approximate surface area is 90.9 Å². The zero-order valence-electron chi connectivity index (χ0n) is 8.03. The number of hydrogen-bond acceptors (Lipinski definition) is 2. The summed E-state index contributed by atoms with van der Waals surface area (Å²) in [5.74, 6) is 1.70. The molecule has 0 aliphatic heterocycles. The van der Waals surface area contributed by atoms with Gasteiger partial charge in [-0.3, -0.25) is 0 Å². The van der Waals surface area contributed by atoms with Crippen molar-refractivity contribution in [1.82, 2.24) is 14.8 Å². The fraction of sp³-hybridized carbons (Fsp3) is 0.200. The summed E-state index contributed by atoms with van der Waals surface area (Å²) < 4.78 is 2.90. The first-order valence-corrected chi connectivity index (χ1v) is 5.12. The molecule has 1 aromatic carbocycles. The molecule has 0 amide bonds. The van der Waals surface area contributed by atoms with Crippen molar-refractivity contribution in [2.24, 2.45) is 0 Å². The SMILES string of the molecule is Cc1nc(C)n(-c2ccc(Br)cc2)n1. The summed E-state index contributed by atoms with van der Waals surface area (Å²) in [6.45, 7) is 3.84. The Bertz CT molecular complexity index is 445. The molecule has 2 aromatic rings. The maximum Gasteiger partial charge on any atom is 0.148 e. The Morgan fingerprint density at radius 1 is 1.14 bits per heavy atom. The lowest BCUT2D eigenvalue weighted by Gasteiger charge is -2.01. The van der Waals surface area contributed by atoms with Crippen LogP contribution >= 0.6 is 15.9 Å². The maximum atomic E-state index is 4.30. The first kappa shape index (κ1) is 9.40. The molecule has 0 aliphatic rings. The van der Waals surface area contributed by atoms with Crippen LogP contribution < -0.4 is 0 Å². The molecule has 2 rings (SSSR count). The lowest BCUT2D eigenvalue weighted by Crippen LogP contribution is -1.98. The molecule has 0 fully saturated rings. The highest BCUT2D eigenvalue weighted by atomic mass is 79.9. The molecule has 0 atom stereocenters. The van der Waals surface area contributed by atoms with E-state index in [0.717, 1.165) is 21.8 Å². The number of benzene rings is 1. The molecule has 0 saturated heterocycles. The normalized spacial score (nSPS) is 10.5. The van der Waals surface area contributed by atoms with E-state index < -0.39 is 0 Å². The molecule has 0 bridgehead atoms. The van der Waals surface area contributed by atoms with Gasteiger partial charge in [-0.1, -0.05) is 15.9 Å². The quantitative estimate of drug-likeness (QED) is 0.781. The van der Waals surface area contributed by atoms with Gasteiger partial charge in [0.25, 0.3) is 0 Å². The summed E-state index contributed by atoms with van der Waals surface area (Å²) >= 11 is 3.40. The zero-order chi connectivity index (χ0) is 10.1. The second-order valence-electron chi connectivity index (χ2n) is 3.09. The smallest absolute Gasteiger partial charge is 0.148 e. The third-order valence-corrected chi connectivity index (χ3v) is 2.47.